The minimum atomic E-state index is -0.899. The van der Waals surface area contributed by atoms with Gasteiger partial charge in [-0.1, -0.05) is 0 Å². The fraction of sp³-hybridized carbons (Fsp3) is 0.600. The van der Waals surface area contributed by atoms with Crippen molar-refractivity contribution in [2.45, 2.75) is 6.92 Å². The second kappa shape index (κ2) is 4.03. The molecule has 0 aromatic rings. The lowest BCUT2D eigenvalue weighted by atomic mass is 10.5. The molecule has 52 valence electrons. The van der Waals surface area contributed by atoms with Gasteiger partial charge in [-0.15, -0.1) is 0 Å². The van der Waals surface area contributed by atoms with Crippen LogP contribution in [-0.4, -0.2) is 30.1 Å². The zero-order valence-electron chi connectivity index (χ0n) is 5.09. The Morgan fingerprint density at radius 3 is 2.44 bits per heavy atom. The van der Waals surface area contributed by atoms with Crippen molar-refractivity contribution in [3.05, 3.63) is 0 Å². The monoisotopic (exact) mass is 132 g/mol. The predicted octanol–water partition coefficient (Wildman–Crippen LogP) is -0.889. The topological polar surface area (TPSA) is 63.6 Å². The number of rotatable bonds is 3. The van der Waals surface area contributed by atoms with E-state index in [0.717, 1.165) is 6.92 Å². The predicted molar refractivity (Wildman–Crippen MR) is 28.7 cm³/mol. The van der Waals surface area contributed by atoms with Crippen molar-refractivity contribution >= 4 is 11.8 Å². The van der Waals surface area contributed by atoms with Crippen LogP contribution in [0, 0.1) is 0 Å². The molecule has 0 rings (SSSR count). The summed E-state index contributed by atoms with van der Waals surface area (Å²) in [4.78, 5) is 20.3. The average Bonchev–Trinajstić information content (AvgIpc) is 1.82. The second-order valence-electron chi connectivity index (χ2n) is 1.42. The lowest BCUT2D eigenvalue weighted by Gasteiger charge is -1.96. The first kappa shape index (κ1) is 8.10. The fourth-order valence-electron chi connectivity index (χ4n) is 0.240. The fourth-order valence-corrected chi connectivity index (χ4v) is 0.240. The summed E-state index contributed by atoms with van der Waals surface area (Å²) in [6.45, 7) is 0.747. The smallest absolute Gasteiger partial charge is 0.374 e. The van der Waals surface area contributed by atoms with Crippen LogP contribution in [0.3, 0.4) is 0 Å². The van der Waals surface area contributed by atoms with Crippen molar-refractivity contribution in [3.63, 3.8) is 0 Å². The quantitative estimate of drug-likeness (QED) is 0.399. The molecule has 0 amide bonds. The van der Waals surface area contributed by atoms with Crippen LogP contribution in [0.5, 0.6) is 0 Å². The third-order valence-corrected chi connectivity index (χ3v) is 0.612. The molecule has 0 spiro atoms. The van der Waals surface area contributed by atoms with Gasteiger partial charge in [0.05, 0.1) is 6.61 Å². The van der Waals surface area contributed by atoms with E-state index < -0.39 is 11.8 Å². The van der Waals surface area contributed by atoms with Crippen LogP contribution >= 0.6 is 0 Å². The number of hydrogen-bond acceptors (Lipinski definition) is 4. The van der Waals surface area contributed by atoms with Crippen LogP contribution in [-0.2, 0) is 14.3 Å². The molecular weight excluding hydrogens is 124 g/mol. The van der Waals surface area contributed by atoms with E-state index >= 15 is 0 Å². The van der Waals surface area contributed by atoms with Crippen molar-refractivity contribution in [2.24, 2.45) is 0 Å². The van der Waals surface area contributed by atoms with Gasteiger partial charge in [-0.05, 0) is 0 Å². The lowest BCUT2D eigenvalue weighted by Crippen LogP contribution is -2.15. The van der Waals surface area contributed by atoms with Crippen molar-refractivity contribution in [1.29, 1.82) is 0 Å². The van der Waals surface area contributed by atoms with Gasteiger partial charge in [0.15, 0.2) is 0 Å². The van der Waals surface area contributed by atoms with Gasteiger partial charge in [0.2, 0.25) is 5.78 Å². The summed E-state index contributed by atoms with van der Waals surface area (Å²) < 4.78 is 4.21. The van der Waals surface area contributed by atoms with Gasteiger partial charge >= 0.3 is 5.97 Å². The van der Waals surface area contributed by atoms with Crippen LogP contribution in [0.2, 0.25) is 0 Å². The standard InChI is InChI=1S/C5H8O4/c1-4(7)5(8)9-3-2-6/h6H,2-3H2,1H3. The highest BCUT2D eigenvalue weighted by Crippen LogP contribution is 1.77. The molecule has 0 aliphatic rings. The van der Waals surface area contributed by atoms with Gasteiger partial charge in [0.25, 0.3) is 0 Å². The zero-order valence-corrected chi connectivity index (χ0v) is 5.09. The number of hydrogen-bond donors (Lipinski definition) is 1. The maximum Gasteiger partial charge on any atom is 0.374 e. The van der Waals surface area contributed by atoms with Gasteiger partial charge in [-0.2, -0.15) is 0 Å². The molecule has 1 N–H and O–H groups in total. The highest BCUT2D eigenvalue weighted by atomic mass is 16.5. The largest absolute Gasteiger partial charge is 0.458 e. The minimum absolute atomic E-state index is 0.113. The lowest BCUT2D eigenvalue weighted by molar-refractivity contribution is -0.153. The summed E-state index contributed by atoms with van der Waals surface area (Å²) in [7, 11) is 0. The maximum atomic E-state index is 10.2. The van der Waals surface area contributed by atoms with Crippen LogP contribution in [0.15, 0.2) is 0 Å². The number of carbonyl (C=O) groups is 2. The van der Waals surface area contributed by atoms with Gasteiger partial charge < -0.3 is 9.84 Å². The average molecular weight is 132 g/mol. The van der Waals surface area contributed by atoms with Crippen LogP contribution in [0.25, 0.3) is 0 Å². The Morgan fingerprint density at radius 1 is 1.56 bits per heavy atom. The summed E-state index contributed by atoms with van der Waals surface area (Å²) in [5.41, 5.74) is 0. The van der Waals surface area contributed by atoms with Gasteiger partial charge in [0, 0.05) is 6.92 Å². The number of esters is 1. The zero-order chi connectivity index (χ0) is 7.28. The first-order chi connectivity index (χ1) is 4.18. The summed E-state index contributed by atoms with van der Waals surface area (Å²) >= 11 is 0. The van der Waals surface area contributed by atoms with E-state index in [2.05, 4.69) is 4.74 Å². The summed E-state index contributed by atoms with van der Waals surface area (Å²) in [5.74, 6) is -1.55. The van der Waals surface area contributed by atoms with Gasteiger partial charge in [-0.25, -0.2) is 4.79 Å². The molecular formula is C5H8O4. The summed E-state index contributed by atoms with van der Waals surface area (Å²) in [6.07, 6.45) is 0. The molecule has 0 saturated heterocycles. The van der Waals surface area contributed by atoms with Crippen LogP contribution in [0.1, 0.15) is 6.92 Å². The molecule has 0 atom stereocenters. The summed E-state index contributed by atoms with van der Waals surface area (Å²) in [6, 6.07) is 0. The molecule has 9 heavy (non-hydrogen) atoms. The second-order valence-corrected chi connectivity index (χ2v) is 1.42. The van der Waals surface area contributed by atoms with Crippen molar-refractivity contribution in [2.75, 3.05) is 13.2 Å². The molecule has 0 bridgehead atoms. The third-order valence-electron chi connectivity index (χ3n) is 0.612. The number of ether oxygens (including phenoxy) is 1. The Hall–Kier alpha value is -0.900. The third kappa shape index (κ3) is 3.66. The first-order valence-corrected chi connectivity index (χ1v) is 2.47. The minimum Gasteiger partial charge on any atom is -0.458 e. The van der Waals surface area contributed by atoms with E-state index in [-0.39, 0.29) is 13.2 Å². The first-order valence-electron chi connectivity index (χ1n) is 2.47. The number of Topliss-reactive ketones (excluding diaryl/α,β-unsaturated/α-hetero) is 1. The van der Waals surface area contributed by atoms with Crippen molar-refractivity contribution in [1.82, 2.24) is 0 Å². The number of aliphatic hydroxyl groups excluding tert-OH is 1. The van der Waals surface area contributed by atoms with E-state index in [0.29, 0.717) is 0 Å². The van der Waals surface area contributed by atoms with E-state index in [9.17, 15) is 9.59 Å². The van der Waals surface area contributed by atoms with Gasteiger partial charge in [-0.3, -0.25) is 4.79 Å². The highest BCUT2D eigenvalue weighted by Gasteiger charge is 2.06. The molecule has 0 aliphatic carbocycles. The molecule has 0 aromatic heterocycles. The van der Waals surface area contributed by atoms with Crippen molar-refractivity contribution in [3.8, 4) is 0 Å². The SMILES string of the molecule is CC(=O)C(=O)OCCO. The van der Waals surface area contributed by atoms with E-state index in [1.807, 2.05) is 0 Å². The molecule has 0 saturated carbocycles. The molecule has 0 unspecified atom stereocenters. The van der Waals surface area contributed by atoms with Crippen LogP contribution < -0.4 is 0 Å². The Morgan fingerprint density at radius 2 is 2.11 bits per heavy atom. The Kier molecular flexibility index (Phi) is 3.62. The van der Waals surface area contributed by atoms with Crippen molar-refractivity contribution < 1.29 is 19.4 Å². The maximum absolute atomic E-state index is 10.2. The van der Waals surface area contributed by atoms with E-state index in [4.69, 9.17) is 5.11 Å². The molecule has 0 heterocycles. The number of carbonyl (C=O) groups excluding carboxylic acids is 2. The summed E-state index contributed by atoms with van der Waals surface area (Å²) in [5, 5.41) is 8.11. The number of ketones is 1. The molecule has 0 radical (unpaired) electrons. The Bertz CT molecular complexity index is 118. The molecule has 4 heteroatoms. The normalized spacial score (nSPS) is 8.67. The van der Waals surface area contributed by atoms with E-state index in [1.54, 1.807) is 0 Å². The molecule has 0 fully saturated rings. The Labute approximate surface area is 52.4 Å². The van der Waals surface area contributed by atoms with Gasteiger partial charge in [0.1, 0.15) is 6.61 Å². The Balaban J connectivity index is 3.39. The highest BCUT2D eigenvalue weighted by molar-refractivity contribution is 6.32. The van der Waals surface area contributed by atoms with Crippen LogP contribution in [0.4, 0.5) is 0 Å². The molecule has 4 nitrogen and oxygen atoms in total. The number of aliphatic hydroxyl groups is 1. The molecule has 0 aromatic carbocycles. The molecule has 0 aliphatic heterocycles. The van der Waals surface area contributed by atoms with E-state index in [1.165, 1.54) is 0 Å².